The summed E-state index contributed by atoms with van der Waals surface area (Å²) in [5.74, 6) is -0.737. The lowest BCUT2D eigenvalue weighted by molar-refractivity contribution is 0.460. The zero-order chi connectivity index (χ0) is 15.4. The van der Waals surface area contributed by atoms with Crippen molar-refractivity contribution in [1.29, 1.82) is 0 Å². The van der Waals surface area contributed by atoms with Crippen LogP contribution < -0.4 is 10.6 Å². The molecule has 0 radical (unpaired) electrons. The summed E-state index contributed by atoms with van der Waals surface area (Å²) in [7, 11) is 0. The van der Waals surface area contributed by atoms with Gasteiger partial charge >= 0.3 is 6.01 Å². The lowest BCUT2D eigenvalue weighted by Crippen LogP contribution is -2.19. The van der Waals surface area contributed by atoms with E-state index in [0.29, 0.717) is 18.4 Å². The highest BCUT2D eigenvalue weighted by Crippen LogP contribution is 2.28. The molecule has 0 unspecified atom stereocenters. The molecular formula is C13H15ClF2N4O. The summed E-state index contributed by atoms with van der Waals surface area (Å²) in [5.41, 5.74) is -0.108. The quantitative estimate of drug-likeness (QED) is 0.854. The van der Waals surface area contributed by atoms with Crippen LogP contribution in [0.2, 0.25) is 5.02 Å². The third-order valence-electron chi connectivity index (χ3n) is 2.53. The molecule has 114 valence electrons. The Labute approximate surface area is 125 Å². The van der Waals surface area contributed by atoms with Crippen molar-refractivity contribution in [1.82, 2.24) is 15.5 Å². The molecule has 2 N–H and O–H groups in total. The van der Waals surface area contributed by atoms with Crippen LogP contribution >= 0.6 is 11.6 Å². The normalized spacial score (nSPS) is 11.1. The maximum atomic E-state index is 13.6. The van der Waals surface area contributed by atoms with Crippen molar-refractivity contribution >= 4 is 23.3 Å². The van der Waals surface area contributed by atoms with Crippen molar-refractivity contribution in [3.05, 3.63) is 34.7 Å². The SMILES string of the molecule is CC(C)CNCc1nnc(Nc2c(F)cc(F)cc2Cl)o1. The van der Waals surface area contributed by atoms with E-state index in [2.05, 4.69) is 34.7 Å². The summed E-state index contributed by atoms with van der Waals surface area (Å²) in [6.45, 7) is 5.37. The van der Waals surface area contributed by atoms with Gasteiger partial charge in [-0.25, -0.2) is 8.78 Å². The summed E-state index contributed by atoms with van der Waals surface area (Å²) >= 11 is 5.77. The van der Waals surface area contributed by atoms with Gasteiger partial charge in [-0.15, -0.1) is 5.10 Å². The molecule has 5 nitrogen and oxygen atoms in total. The van der Waals surface area contributed by atoms with Gasteiger partial charge in [0.1, 0.15) is 5.82 Å². The fraction of sp³-hybridized carbons (Fsp3) is 0.385. The van der Waals surface area contributed by atoms with E-state index in [0.717, 1.165) is 18.7 Å². The molecule has 1 aromatic carbocycles. The number of nitrogens with zero attached hydrogens (tertiary/aromatic N) is 2. The van der Waals surface area contributed by atoms with Crippen LogP contribution in [0.1, 0.15) is 19.7 Å². The second-order valence-corrected chi connectivity index (χ2v) is 5.30. The van der Waals surface area contributed by atoms with Crippen LogP contribution in [0.25, 0.3) is 0 Å². The van der Waals surface area contributed by atoms with Crippen LogP contribution in [-0.2, 0) is 6.54 Å². The summed E-state index contributed by atoms with van der Waals surface area (Å²) in [6.07, 6.45) is 0. The van der Waals surface area contributed by atoms with Crippen molar-refractivity contribution < 1.29 is 13.2 Å². The Kier molecular flexibility index (Phi) is 5.08. The maximum absolute atomic E-state index is 13.6. The van der Waals surface area contributed by atoms with Crippen molar-refractivity contribution in [2.45, 2.75) is 20.4 Å². The predicted molar refractivity (Wildman–Crippen MR) is 75.5 cm³/mol. The number of hydrogen-bond acceptors (Lipinski definition) is 5. The van der Waals surface area contributed by atoms with E-state index in [9.17, 15) is 8.78 Å². The molecule has 1 aromatic heterocycles. The summed E-state index contributed by atoms with van der Waals surface area (Å²) in [5, 5.41) is 13.1. The van der Waals surface area contributed by atoms with Crippen LogP contribution in [0.15, 0.2) is 16.5 Å². The second kappa shape index (κ2) is 6.82. The number of hydrogen-bond donors (Lipinski definition) is 2. The average molecular weight is 317 g/mol. The van der Waals surface area contributed by atoms with Gasteiger partial charge in [0.15, 0.2) is 5.82 Å². The molecule has 0 saturated carbocycles. The first-order chi connectivity index (χ1) is 9.95. The van der Waals surface area contributed by atoms with E-state index >= 15 is 0 Å². The monoisotopic (exact) mass is 316 g/mol. The first kappa shape index (κ1) is 15.7. The smallest absolute Gasteiger partial charge is 0.320 e. The highest BCUT2D eigenvalue weighted by molar-refractivity contribution is 6.33. The fourth-order valence-corrected chi connectivity index (χ4v) is 1.85. The van der Waals surface area contributed by atoms with Crippen molar-refractivity contribution in [3.8, 4) is 0 Å². The largest absolute Gasteiger partial charge is 0.406 e. The molecule has 21 heavy (non-hydrogen) atoms. The Balaban J connectivity index is 2.03. The highest BCUT2D eigenvalue weighted by Gasteiger charge is 2.13. The maximum Gasteiger partial charge on any atom is 0.320 e. The minimum Gasteiger partial charge on any atom is -0.406 e. The van der Waals surface area contributed by atoms with Crippen LogP contribution in [0, 0.1) is 17.6 Å². The zero-order valence-electron chi connectivity index (χ0n) is 11.6. The molecule has 0 aliphatic carbocycles. The van der Waals surface area contributed by atoms with E-state index in [1.54, 1.807) is 0 Å². The topological polar surface area (TPSA) is 63.0 Å². The Morgan fingerprint density at radius 3 is 2.71 bits per heavy atom. The molecule has 0 fully saturated rings. The van der Waals surface area contributed by atoms with E-state index in [1.165, 1.54) is 0 Å². The molecule has 0 aliphatic heterocycles. The molecule has 8 heteroatoms. The number of aromatic nitrogens is 2. The van der Waals surface area contributed by atoms with Crippen LogP contribution in [0.3, 0.4) is 0 Å². The first-order valence-electron chi connectivity index (χ1n) is 6.40. The van der Waals surface area contributed by atoms with Crippen molar-refractivity contribution in [2.24, 2.45) is 5.92 Å². The Morgan fingerprint density at radius 1 is 1.29 bits per heavy atom. The van der Waals surface area contributed by atoms with E-state index < -0.39 is 11.6 Å². The number of halogens is 3. The van der Waals surface area contributed by atoms with Gasteiger partial charge < -0.3 is 15.1 Å². The minimum atomic E-state index is -0.835. The van der Waals surface area contributed by atoms with Crippen LogP contribution in [0.4, 0.5) is 20.5 Å². The van der Waals surface area contributed by atoms with Crippen LogP contribution in [0.5, 0.6) is 0 Å². The van der Waals surface area contributed by atoms with Crippen molar-refractivity contribution in [3.63, 3.8) is 0 Å². The number of rotatable bonds is 6. The number of benzene rings is 1. The average Bonchev–Trinajstić information content (AvgIpc) is 2.81. The molecule has 0 aliphatic rings. The molecule has 0 atom stereocenters. The second-order valence-electron chi connectivity index (χ2n) is 4.90. The fourth-order valence-electron chi connectivity index (χ4n) is 1.61. The third kappa shape index (κ3) is 4.37. The molecule has 0 spiro atoms. The number of nitrogens with one attached hydrogen (secondary N) is 2. The molecule has 0 bridgehead atoms. The summed E-state index contributed by atoms with van der Waals surface area (Å²) in [4.78, 5) is 0. The lowest BCUT2D eigenvalue weighted by Gasteiger charge is -2.06. The third-order valence-corrected chi connectivity index (χ3v) is 2.83. The van der Waals surface area contributed by atoms with Crippen LogP contribution in [-0.4, -0.2) is 16.7 Å². The van der Waals surface area contributed by atoms with E-state index in [-0.39, 0.29) is 16.7 Å². The van der Waals surface area contributed by atoms with Gasteiger partial charge in [0.05, 0.1) is 17.3 Å². The minimum absolute atomic E-state index is 0.0104. The summed E-state index contributed by atoms with van der Waals surface area (Å²) in [6, 6.07) is 1.70. The molecule has 2 rings (SSSR count). The standard InChI is InChI=1S/C13H15ClF2N4O/c1-7(2)5-17-6-11-19-20-13(21-11)18-12-9(14)3-8(15)4-10(12)16/h3-4,7,17H,5-6H2,1-2H3,(H,18,20). The lowest BCUT2D eigenvalue weighted by atomic mass is 10.2. The zero-order valence-corrected chi connectivity index (χ0v) is 12.3. The Hall–Kier alpha value is -1.73. The molecule has 0 amide bonds. The molecule has 0 saturated heterocycles. The Morgan fingerprint density at radius 2 is 2.05 bits per heavy atom. The van der Waals surface area contributed by atoms with Gasteiger partial charge in [0.25, 0.3) is 0 Å². The predicted octanol–water partition coefficient (Wildman–Crippen LogP) is 3.49. The van der Waals surface area contributed by atoms with E-state index in [1.807, 2.05) is 0 Å². The van der Waals surface area contributed by atoms with E-state index in [4.69, 9.17) is 16.0 Å². The van der Waals surface area contributed by atoms with Gasteiger partial charge in [-0.05, 0) is 18.5 Å². The first-order valence-corrected chi connectivity index (χ1v) is 6.78. The van der Waals surface area contributed by atoms with Gasteiger partial charge in [-0.3, -0.25) is 0 Å². The molecule has 2 aromatic rings. The van der Waals surface area contributed by atoms with Crippen molar-refractivity contribution in [2.75, 3.05) is 11.9 Å². The molecule has 1 heterocycles. The van der Waals surface area contributed by atoms with Gasteiger partial charge in [0, 0.05) is 6.07 Å². The van der Waals surface area contributed by atoms with Gasteiger partial charge in [-0.1, -0.05) is 30.5 Å². The van der Waals surface area contributed by atoms with Gasteiger partial charge in [-0.2, -0.15) is 0 Å². The number of anilines is 2. The summed E-state index contributed by atoms with van der Waals surface area (Å²) < 4.78 is 31.8. The molecular weight excluding hydrogens is 302 g/mol. The van der Waals surface area contributed by atoms with Gasteiger partial charge in [0.2, 0.25) is 5.89 Å². The Bertz CT molecular complexity index is 595. The highest BCUT2D eigenvalue weighted by atomic mass is 35.5.